The summed E-state index contributed by atoms with van der Waals surface area (Å²) in [5.74, 6) is 0.470. The topological polar surface area (TPSA) is 54.1 Å². The molecule has 0 unspecified atom stereocenters. The van der Waals surface area contributed by atoms with Gasteiger partial charge < -0.3 is 15.0 Å². The number of para-hydroxylation sites is 2. The molecule has 3 rings (SSSR count). The van der Waals surface area contributed by atoms with E-state index in [1.165, 1.54) is 0 Å². The number of aromatic amines is 1. The Balaban J connectivity index is 1.86. The van der Waals surface area contributed by atoms with Crippen LogP contribution in [0, 0.1) is 0 Å². The van der Waals surface area contributed by atoms with Crippen molar-refractivity contribution in [3.63, 3.8) is 0 Å². The van der Waals surface area contributed by atoms with Gasteiger partial charge in [0.2, 0.25) is 0 Å². The monoisotopic (exact) mass is 272 g/mol. The van der Waals surface area contributed by atoms with Gasteiger partial charge in [-0.25, -0.2) is 0 Å². The lowest BCUT2D eigenvalue weighted by Gasteiger charge is -2.08. The van der Waals surface area contributed by atoms with Gasteiger partial charge in [-0.2, -0.15) is 0 Å². The van der Waals surface area contributed by atoms with Crippen molar-refractivity contribution >= 4 is 33.1 Å². The number of nitrogens with one attached hydrogen (secondary N) is 2. The number of methoxy groups -OCH3 is 1. The van der Waals surface area contributed by atoms with Gasteiger partial charge in [-0.15, -0.1) is 11.3 Å². The Morgan fingerprint density at radius 3 is 2.95 bits per heavy atom. The number of carbonyl (C=O) groups excluding carboxylic acids is 1. The number of rotatable bonds is 3. The van der Waals surface area contributed by atoms with E-state index in [4.69, 9.17) is 4.74 Å². The maximum absolute atomic E-state index is 12.2. The maximum atomic E-state index is 12.2. The summed E-state index contributed by atoms with van der Waals surface area (Å²) in [4.78, 5) is 15.2. The van der Waals surface area contributed by atoms with Crippen LogP contribution in [-0.2, 0) is 0 Å². The highest BCUT2D eigenvalue weighted by Crippen LogP contribution is 2.25. The van der Waals surface area contributed by atoms with E-state index in [-0.39, 0.29) is 5.91 Å². The molecule has 4 nitrogen and oxygen atoms in total. The summed E-state index contributed by atoms with van der Waals surface area (Å²) in [5, 5.41) is 4.83. The van der Waals surface area contributed by atoms with E-state index < -0.39 is 0 Å². The van der Waals surface area contributed by atoms with Crippen molar-refractivity contribution in [3.8, 4) is 5.75 Å². The number of hydrogen-bond acceptors (Lipinski definition) is 3. The van der Waals surface area contributed by atoms with Crippen molar-refractivity contribution in [2.75, 3.05) is 12.4 Å². The first-order valence-corrected chi connectivity index (χ1v) is 6.66. The summed E-state index contributed by atoms with van der Waals surface area (Å²) in [6.07, 6.45) is 0. The minimum atomic E-state index is -0.173. The number of hydrogen-bond donors (Lipinski definition) is 2. The van der Waals surface area contributed by atoms with Gasteiger partial charge in [0.25, 0.3) is 5.91 Å². The van der Waals surface area contributed by atoms with Crippen LogP contribution >= 0.6 is 11.3 Å². The zero-order chi connectivity index (χ0) is 13.2. The molecule has 1 aromatic carbocycles. The Kier molecular flexibility index (Phi) is 2.97. The molecule has 96 valence electrons. The largest absolute Gasteiger partial charge is 0.495 e. The molecule has 0 aliphatic carbocycles. The molecule has 2 heterocycles. The second-order valence-electron chi connectivity index (χ2n) is 4.04. The minimum absolute atomic E-state index is 0.173. The van der Waals surface area contributed by atoms with Crippen molar-refractivity contribution in [1.29, 1.82) is 0 Å². The predicted octanol–water partition coefficient (Wildman–Crippen LogP) is 3.49. The van der Waals surface area contributed by atoms with Crippen LogP contribution in [0.2, 0.25) is 0 Å². The van der Waals surface area contributed by atoms with Gasteiger partial charge in [0.05, 0.1) is 23.0 Å². The fourth-order valence-corrected chi connectivity index (χ4v) is 2.69. The first-order chi connectivity index (χ1) is 9.28. The summed E-state index contributed by atoms with van der Waals surface area (Å²) in [6.45, 7) is 0. The van der Waals surface area contributed by atoms with Crippen LogP contribution < -0.4 is 10.1 Å². The van der Waals surface area contributed by atoms with E-state index in [0.29, 0.717) is 17.1 Å². The maximum Gasteiger partial charge on any atom is 0.272 e. The third-order valence-corrected chi connectivity index (χ3v) is 3.70. The second kappa shape index (κ2) is 4.78. The standard InChI is InChI=1S/C14H12N2O2S/c1-18-12-5-3-2-4-9(12)16-14(17)11-8-13-10(15-11)6-7-19-13/h2-8,15H,1H3,(H,16,17). The third-order valence-electron chi connectivity index (χ3n) is 2.84. The molecular formula is C14H12N2O2S. The molecule has 0 spiro atoms. The van der Waals surface area contributed by atoms with Crippen molar-refractivity contribution in [3.05, 3.63) is 47.5 Å². The van der Waals surface area contributed by atoms with E-state index in [1.807, 2.05) is 41.8 Å². The van der Waals surface area contributed by atoms with E-state index in [1.54, 1.807) is 18.4 Å². The molecule has 0 saturated heterocycles. The van der Waals surface area contributed by atoms with E-state index in [0.717, 1.165) is 10.2 Å². The van der Waals surface area contributed by atoms with Crippen molar-refractivity contribution < 1.29 is 9.53 Å². The number of amides is 1. The van der Waals surface area contributed by atoms with Crippen LogP contribution in [0.4, 0.5) is 5.69 Å². The van der Waals surface area contributed by atoms with Crippen LogP contribution in [0.3, 0.4) is 0 Å². The molecule has 0 fully saturated rings. The number of benzene rings is 1. The Bertz CT molecular complexity index is 701. The predicted molar refractivity (Wildman–Crippen MR) is 77.1 cm³/mol. The van der Waals surface area contributed by atoms with Crippen LogP contribution in [0.1, 0.15) is 10.5 Å². The number of carbonyl (C=O) groups is 1. The first kappa shape index (κ1) is 11.8. The number of anilines is 1. The van der Waals surface area contributed by atoms with Crippen LogP contribution in [0.5, 0.6) is 5.75 Å². The first-order valence-electron chi connectivity index (χ1n) is 5.78. The number of thiophene rings is 1. The molecule has 2 N–H and O–H groups in total. The Hall–Kier alpha value is -2.27. The number of ether oxygens (including phenoxy) is 1. The lowest BCUT2D eigenvalue weighted by Crippen LogP contribution is -2.12. The van der Waals surface area contributed by atoms with Gasteiger partial charge in [0.1, 0.15) is 11.4 Å². The zero-order valence-corrected chi connectivity index (χ0v) is 11.1. The molecule has 19 heavy (non-hydrogen) atoms. The molecular weight excluding hydrogens is 260 g/mol. The molecule has 5 heteroatoms. The van der Waals surface area contributed by atoms with Gasteiger partial charge in [-0.1, -0.05) is 12.1 Å². The molecule has 2 aromatic heterocycles. The third kappa shape index (κ3) is 2.20. The Morgan fingerprint density at radius 2 is 2.16 bits per heavy atom. The Morgan fingerprint density at radius 1 is 1.32 bits per heavy atom. The van der Waals surface area contributed by atoms with Gasteiger partial charge in [0, 0.05) is 0 Å². The van der Waals surface area contributed by atoms with Crippen LogP contribution in [-0.4, -0.2) is 18.0 Å². The summed E-state index contributed by atoms with van der Waals surface area (Å²) in [5.41, 5.74) is 2.19. The van der Waals surface area contributed by atoms with Gasteiger partial charge in [-0.05, 0) is 29.6 Å². The van der Waals surface area contributed by atoms with Gasteiger partial charge in [-0.3, -0.25) is 4.79 Å². The normalized spacial score (nSPS) is 10.6. The molecule has 0 aliphatic rings. The number of H-pyrrole nitrogens is 1. The number of aromatic nitrogens is 1. The zero-order valence-electron chi connectivity index (χ0n) is 10.3. The minimum Gasteiger partial charge on any atom is -0.495 e. The fraction of sp³-hybridized carbons (Fsp3) is 0.0714. The van der Waals surface area contributed by atoms with Crippen LogP contribution in [0.15, 0.2) is 41.8 Å². The fourth-order valence-electron chi connectivity index (χ4n) is 1.91. The molecule has 3 aromatic rings. The molecule has 0 atom stereocenters. The highest BCUT2D eigenvalue weighted by molar-refractivity contribution is 7.17. The molecule has 1 amide bonds. The van der Waals surface area contributed by atoms with Crippen molar-refractivity contribution in [2.24, 2.45) is 0 Å². The quantitative estimate of drug-likeness (QED) is 0.766. The molecule has 0 saturated carbocycles. The van der Waals surface area contributed by atoms with E-state index >= 15 is 0 Å². The smallest absolute Gasteiger partial charge is 0.272 e. The summed E-state index contributed by atoms with van der Waals surface area (Å²) < 4.78 is 6.28. The summed E-state index contributed by atoms with van der Waals surface area (Å²) >= 11 is 1.60. The van der Waals surface area contributed by atoms with Crippen LogP contribution in [0.25, 0.3) is 10.2 Å². The highest BCUT2D eigenvalue weighted by Gasteiger charge is 2.12. The molecule has 0 bridgehead atoms. The van der Waals surface area contributed by atoms with E-state index in [2.05, 4.69) is 10.3 Å². The average molecular weight is 272 g/mol. The van der Waals surface area contributed by atoms with Gasteiger partial charge >= 0.3 is 0 Å². The second-order valence-corrected chi connectivity index (χ2v) is 4.98. The molecule has 0 aliphatic heterocycles. The highest BCUT2D eigenvalue weighted by atomic mass is 32.1. The number of fused-ring (bicyclic) bond motifs is 1. The Labute approximate surface area is 114 Å². The summed E-state index contributed by atoms with van der Waals surface area (Å²) in [7, 11) is 1.58. The van der Waals surface area contributed by atoms with Gasteiger partial charge in [0.15, 0.2) is 0 Å². The average Bonchev–Trinajstić information content (AvgIpc) is 3.00. The lowest BCUT2D eigenvalue weighted by molar-refractivity contribution is 0.102. The van der Waals surface area contributed by atoms with Crippen molar-refractivity contribution in [2.45, 2.75) is 0 Å². The van der Waals surface area contributed by atoms with Crippen molar-refractivity contribution in [1.82, 2.24) is 4.98 Å². The van der Waals surface area contributed by atoms with E-state index in [9.17, 15) is 4.79 Å². The lowest BCUT2D eigenvalue weighted by atomic mass is 10.3. The summed E-state index contributed by atoms with van der Waals surface area (Å²) in [6, 6.07) is 11.1. The SMILES string of the molecule is COc1ccccc1NC(=O)c1cc2sccc2[nH]1. The molecule has 0 radical (unpaired) electrons.